The Bertz CT molecular complexity index is 1150. The van der Waals surface area contributed by atoms with Crippen molar-refractivity contribution in [2.45, 2.75) is 0 Å². The molecular weight excluding hydrogens is 366 g/mol. The van der Waals surface area contributed by atoms with Crippen LogP contribution in [-0.4, -0.2) is 9.78 Å². The van der Waals surface area contributed by atoms with Gasteiger partial charge in [-0.05, 0) is 41.5 Å². The molecule has 0 bridgehead atoms. The van der Waals surface area contributed by atoms with E-state index in [9.17, 15) is 5.26 Å². The lowest BCUT2D eigenvalue weighted by Crippen LogP contribution is -1.99. The molecule has 134 valence electrons. The molecule has 0 aliphatic heterocycles. The number of hydrogen-bond acceptors (Lipinski definition) is 2. The van der Waals surface area contributed by atoms with Crippen LogP contribution in [0.4, 0.5) is 0 Å². The minimum Gasteiger partial charge on any atom is -0.222 e. The predicted molar refractivity (Wildman–Crippen MR) is 114 cm³/mol. The number of para-hydroxylation sites is 1. The van der Waals surface area contributed by atoms with Gasteiger partial charge in [0.2, 0.25) is 0 Å². The first-order valence-corrected chi connectivity index (χ1v) is 9.21. The van der Waals surface area contributed by atoms with Gasteiger partial charge < -0.3 is 0 Å². The average Bonchev–Trinajstić information content (AvgIpc) is 3.13. The highest BCUT2D eigenvalue weighted by molar-refractivity contribution is 6.30. The van der Waals surface area contributed by atoms with Crippen molar-refractivity contribution in [3.05, 3.63) is 107 Å². The summed E-state index contributed by atoms with van der Waals surface area (Å²) in [5.74, 6) is 0. The molecule has 4 aromatic rings. The molecule has 0 aliphatic rings. The van der Waals surface area contributed by atoms with Gasteiger partial charge in [-0.15, -0.1) is 0 Å². The van der Waals surface area contributed by atoms with Gasteiger partial charge in [-0.3, -0.25) is 0 Å². The van der Waals surface area contributed by atoms with Crippen molar-refractivity contribution >= 4 is 23.8 Å². The Balaban J connectivity index is 1.91. The van der Waals surface area contributed by atoms with Crippen molar-refractivity contribution in [2.75, 3.05) is 0 Å². The second-order valence-corrected chi connectivity index (χ2v) is 6.66. The standard InChI is InChI=1S/C24H16ClN3/c25-20-14-12-19(13-15-20)24-22(16-11-18-7-3-1-4-8-18)27-28(23(24)17-26)21-9-5-2-6-10-21/h1-16H. The van der Waals surface area contributed by atoms with Crippen LogP contribution in [0, 0.1) is 11.3 Å². The number of nitriles is 1. The van der Waals surface area contributed by atoms with Gasteiger partial charge in [0.25, 0.3) is 0 Å². The number of rotatable bonds is 4. The van der Waals surface area contributed by atoms with E-state index in [1.54, 1.807) is 4.68 Å². The molecule has 4 rings (SSSR count). The minimum absolute atomic E-state index is 0.487. The van der Waals surface area contributed by atoms with Crippen molar-refractivity contribution in [3.63, 3.8) is 0 Å². The maximum Gasteiger partial charge on any atom is 0.152 e. The van der Waals surface area contributed by atoms with Gasteiger partial charge in [0, 0.05) is 10.6 Å². The van der Waals surface area contributed by atoms with E-state index in [2.05, 4.69) is 6.07 Å². The highest BCUT2D eigenvalue weighted by atomic mass is 35.5. The number of halogens is 1. The summed E-state index contributed by atoms with van der Waals surface area (Å²) in [5, 5.41) is 15.3. The Kier molecular flexibility index (Phi) is 5.05. The van der Waals surface area contributed by atoms with E-state index >= 15 is 0 Å². The van der Waals surface area contributed by atoms with Crippen LogP contribution < -0.4 is 0 Å². The fourth-order valence-corrected chi connectivity index (χ4v) is 3.18. The Labute approximate surface area is 168 Å². The summed E-state index contributed by atoms with van der Waals surface area (Å²) < 4.78 is 1.69. The monoisotopic (exact) mass is 381 g/mol. The van der Waals surface area contributed by atoms with E-state index in [0.717, 1.165) is 28.1 Å². The molecule has 28 heavy (non-hydrogen) atoms. The van der Waals surface area contributed by atoms with Crippen molar-refractivity contribution < 1.29 is 0 Å². The Hall–Kier alpha value is -3.61. The van der Waals surface area contributed by atoms with Crippen LogP contribution in [0.1, 0.15) is 17.0 Å². The third-order valence-corrected chi connectivity index (χ3v) is 4.64. The predicted octanol–water partition coefficient (Wildman–Crippen LogP) is 6.23. The van der Waals surface area contributed by atoms with E-state index in [4.69, 9.17) is 16.7 Å². The molecule has 0 amide bonds. The van der Waals surface area contributed by atoms with Gasteiger partial charge in [-0.2, -0.15) is 10.4 Å². The lowest BCUT2D eigenvalue weighted by atomic mass is 10.0. The van der Waals surface area contributed by atoms with Gasteiger partial charge in [0.15, 0.2) is 5.69 Å². The SMILES string of the molecule is N#Cc1c(-c2ccc(Cl)cc2)c(C=Cc2ccccc2)nn1-c1ccccc1. The largest absolute Gasteiger partial charge is 0.222 e. The van der Waals surface area contributed by atoms with Gasteiger partial charge in [0.1, 0.15) is 6.07 Å². The minimum atomic E-state index is 0.487. The van der Waals surface area contributed by atoms with E-state index < -0.39 is 0 Å². The zero-order valence-electron chi connectivity index (χ0n) is 15.0. The normalized spacial score (nSPS) is 10.9. The molecule has 1 heterocycles. The maximum absolute atomic E-state index is 9.91. The molecule has 1 aromatic heterocycles. The molecule has 4 heteroatoms. The molecule has 0 saturated carbocycles. The van der Waals surface area contributed by atoms with Crippen LogP contribution in [0.2, 0.25) is 5.02 Å². The van der Waals surface area contributed by atoms with E-state index in [1.165, 1.54) is 0 Å². The molecule has 0 aliphatic carbocycles. The summed E-state index contributed by atoms with van der Waals surface area (Å²) in [6.07, 6.45) is 3.94. The van der Waals surface area contributed by atoms with Gasteiger partial charge in [-0.25, -0.2) is 4.68 Å². The number of benzene rings is 3. The molecule has 0 fully saturated rings. The third kappa shape index (κ3) is 3.59. The van der Waals surface area contributed by atoms with Gasteiger partial charge in [0.05, 0.1) is 11.4 Å². The molecule has 3 nitrogen and oxygen atoms in total. The zero-order valence-corrected chi connectivity index (χ0v) is 15.7. The Morgan fingerprint density at radius 1 is 0.821 bits per heavy atom. The molecule has 3 aromatic carbocycles. The summed E-state index contributed by atoms with van der Waals surface area (Å²) in [6, 6.07) is 29.5. The van der Waals surface area contributed by atoms with Crippen LogP contribution in [-0.2, 0) is 0 Å². The second-order valence-electron chi connectivity index (χ2n) is 6.22. The average molecular weight is 382 g/mol. The summed E-state index contributed by atoms with van der Waals surface area (Å²) in [7, 11) is 0. The molecular formula is C24H16ClN3. The molecule has 0 spiro atoms. The fourth-order valence-electron chi connectivity index (χ4n) is 3.05. The first kappa shape index (κ1) is 17.8. The number of nitrogens with zero attached hydrogens (tertiary/aromatic N) is 3. The van der Waals surface area contributed by atoms with Gasteiger partial charge in [-0.1, -0.05) is 78.3 Å². The third-order valence-electron chi connectivity index (χ3n) is 4.39. The maximum atomic E-state index is 9.91. The number of aromatic nitrogens is 2. The van der Waals surface area contributed by atoms with Crippen LogP contribution >= 0.6 is 11.6 Å². The van der Waals surface area contributed by atoms with E-state index in [1.807, 2.05) is 97.1 Å². The van der Waals surface area contributed by atoms with E-state index in [-0.39, 0.29) is 0 Å². The molecule has 0 unspecified atom stereocenters. The topological polar surface area (TPSA) is 41.6 Å². The quantitative estimate of drug-likeness (QED) is 0.420. The van der Waals surface area contributed by atoms with Crippen LogP contribution in [0.15, 0.2) is 84.9 Å². The van der Waals surface area contributed by atoms with Crippen LogP contribution in [0.5, 0.6) is 0 Å². The van der Waals surface area contributed by atoms with Crippen molar-refractivity contribution in [3.8, 4) is 22.9 Å². The lowest BCUT2D eigenvalue weighted by molar-refractivity contribution is 0.862. The summed E-state index contributed by atoms with van der Waals surface area (Å²) in [4.78, 5) is 0. The first-order chi connectivity index (χ1) is 13.8. The second kappa shape index (κ2) is 7.96. The Morgan fingerprint density at radius 3 is 2.11 bits per heavy atom. The molecule has 0 atom stereocenters. The van der Waals surface area contributed by atoms with Crippen LogP contribution in [0.3, 0.4) is 0 Å². The smallest absolute Gasteiger partial charge is 0.152 e. The van der Waals surface area contributed by atoms with Crippen molar-refractivity contribution in [1.29, 1.82) is 5.26 Å². The zero-order chi connectivity index (χ0) is 19.3. The first-order valence-electron chi connectivity index (χ1n) is 8.84. The van der Waals surface area contributed by atoms with Crippen LogP contribution in [0.25, 0.3) is 29.0 Å². The van der Waals surface area contributed by atoms with Gasteiger partial charge >= 0.3 is 0 Å². The number of hydrogen-bond donors (Lipinski definition) is 0. The Morgan fingerprint density at radius 2 is 1.46 bits per heavy atom. The highest BCUT2D eigenvalue weighted by Crippen LogP contribution is 2.31. The van der Waals surface area contributed by atoms with Crippen molar-refractivity contribution in [1.82, 2.24) is 9.78 Å². The summed E-state index contributed by atoms with van der Waals surface area (Å²) >= 11 is 6.06. The molecule has 0 N–H and O–H groups in total. The summed E-state index contributed by atoms with van der Waals surface area (Å²) in [6.45, 7) is 0. The van der Waals surface area contributed by atoms with Crippen molar-refractivity contribution in [2.24, 2.45) is 0 Å². The highest BCUT2D eigenvalue weighted by Gasteiger charge is 2.19. The fraction of sp³-hybridized carbons (Fsp3) is 0. The van der Waals surface area contributed by atoms with E-state index in [0.29, 0.717) is 10.7 Å². The molecule has 0 saturated heterocycles. The molecule has 0 radical (unpaired) electrons. The lowest BCUT2D eigenvalue weighted by Gasteiger charge is -2.03. The summed E-state index contributed by atoms with van der Waals surface area (Å²) in [5.41, 5.74) is 4.81.